The Kier molecular flexibility index (Phi) is 8.17. The van der Waals surface area contributed by atoms with Gasteiger partial charge in [-0.3, -0.25) is 19.1 Å². The highest BCUT2D eigenvalue weighted by Crippen LogP contribution is 2.31. The lowest BCUT2D eigenvalue weighted by molar-refractivity contribution is -0.205. The molecule has 2 fully saturated rings. The van der Waals surface area contributed by atoms with Crippen molar-refractivity contribution in [1.82, 2.24) is 29.6 Å². The molecule has 2 atom stereocenters. The molecule has 0 bridgehead atoms. The van der Waals surface area contributed by atoms with Gasteiger partial charge in [0.25, 0.3) is 0 Å². The van der Waals surface area contributed by atoms with Crippen LogP contribution in [0.15, 0.2) is 91.6 Å². The van der Waals surface area contributed by atoms with E-state index in [4.69, 9.17) is 0 Å². The Balaban J connectivity index is 1.37. The van der Waals surface area contributed by atoms with Gasteiger partial charge in [0.2, 0.25) is 17.7 Å². The van der Waals surface area contributed by atoms with Crippen molar-refractivity contribution in [3.63, 3.8) is 0 Å². The first-order chi connectivity index (χ1) is 21.3. The third-order valence-electron chi connectivity index (χ3n) is 8.36. The molecule has 3 amide bonds. The molecule has 0 saturated carbocycles. The van der Waals surface area contributed by atoms with Gasteiger partial charge in [-0.05, 0) is 35.2 Å². The van der Waals surface area contributed by atoms with Gasteiger partial charge in [-0.25, -0.2) is 10.0 Å². The second kappa shape index (κ2) is 12.3. The zero-order chi connectivity index (χ0) is 30.8. The van der Waals surface area contributed by atoms with Crippen LogP contribution in [0.2, 0.25) is 0 Å². The van der Waals surface area contributed by atoms with Crippen LogP contribution in [0, 0.1) is 0 Å². The first-order valence-corrected chi connectivity index (χ1v) is 14.8. The Labute approximate surface area is 256 Å². The standard InChI is InChI=1S/C34H36N6O4/c1-3-18-38-23-32(43)39-29(19-25-12-15-28(41)16-13-25)34(44)37(21-27-11-7-10-26-20-36(2)35-33(26)27)22-30(39)40(38)31(42)17-14-24-8-5-4-6-9-24/h3-13,15-16,20,29-30,41H,1,14,17-19,21-23H2,2H3/t29-,30-/m0/s1. The zero-order valence-corrected chi connectivity index (χ0v) is 24.7. The molecular formula is C34H36N6O4. The molecule has 2 saturated heterocycles. The first kappa shape index (κ1) is 29.1. The highest BCUT2D eigenvalue weighted by molar-refractivity contribution is 5.92. The molecule has 3 aromatic carbocycles. The molecule has 10 heteroatoms. The number of aryl methyl sites for hydroxylation is 2. The maximum absolute atomic E-state index is 14.3. The lowest BCUT2D eigenvalue weighted by Crippen LogP contribution is -2.75. The third-order valence-corrected chi connectivity index (χ3v) is 8.36. The summed E-state index contributed by atoms with van der Waals surface area (Å²) in [5.74, 6) is -0.407. The van der Waals surface area contributed by atoms with Gasteiger partial charge >= 0.3 is 0 Å². The molecule has 3 heterocycles. The number of carbonyl (C=O) groups is 3. The van der Waals surface area contributed by atoms with Crippen molar-refractivity contribution in [2.75, 3.05) is 19.6 Å². The number of fused-ring (bicyclic) bond motifs is 2. The van der Waals surface area contributed by atoms with E-state index in [2.05, 4.69) is 11.7 Å². The van der Waals surface area contributed by atoms with Crippen molar-refractivity contribution in [2.24, 2.45) is 7.05 Å². The fourth-order valence-electron chi connectivity index (χ4n) is 6.33. The summed E-state index contributed by atoms with van der Waals surface area (Å²) in [7, 11) is 1.86. The second-order valence-corrected chi connectivity index (χ2v) is 11.4. The van der Waals surface area contributed by atoms with Crippen molar-refractivity contribution in [2.45, 2.75) is 38.0 Å². The van der Waals surface area contributed by atoms with Gasteiger partial charge in [0.15, 0.2) is 0 Å². The molecule has 44 heavy (non-hydrogen) atoms. The van der Waals surface area contributed by atoms with Crippen LogP contribution in [0.1, 0.15) is 23.1 Å². The fraction of sp³-hybridized carbons (Fsp3) is 0.294. The van der Waals surface area contributed by atoms with Gasteiger partial charge in [-0.1, -0.05) is 66.7 Å². The smallest absolute Gasteiger partial charge is 0.246 e. The van der Waals surface area contributed by atoms with E-state index >= 15 is 0 Å². The Morgan fingerprint density at radius 1 is 1.02 bits per heavy atom. The molecule has 2 aliphatic heterocycles. The summed E-state index contributed by atoms with van der Waals surface area (Å²) in [5.41, 5.74) is 3.55. The van der Waals surface area contributed by atoms with Crippen LogP contribution >= 0.6 is 0 Å². The Morgan fingerprint density at radius 2 is 1.80 bits per heavy atom. The first-order valence-electron chi connectivity index (χ1n) is 14.8. The van der Waals surface area contributed by atoms with Gasteiger partial charge in [-0.15, -0.1) is 6.58 Å². The number of aromatic hydroxyl groups is 1. The fourth-order valence-corrected chi connectivity index (χ4v) is 6.33. The maximum atomic E-state index is 14.3. The minimum Gasteiger partial charge on any atom is -0.508 e. The van der Waals surface area contributed by atoms with Gasteiger partial charge in [-0.2, -0.15) is 5.10 Å². The van der Waals surface area contributed by atoms with Crippen molar-refractivity contribution in [3.8, 4) is 5.75 Å². The van der Waals surface area contributed by atoms with Gasteiger partial charge < -0.3 is 14.9 Å². The van der Waals surface area contributed by atoms with Crippen LogP contribution in [-0.4, -0.2) is 84.3 Å². The highest BCUT2D eigenvalue weighted by atomic mass is 16.3. The number of phenols is 1. The van der Waals surface area contributed by atoms with Crippen LogP contribution < -0.4 is 0 Å². The minimum absolute atomic E-state index is 0.0355. The molecule has 0 radical (unpaired) electrons. The quantitative estimate of drug-likeness (QED) is 0.300. The number of hydrogen-bond donors (Lipinski definition) is 1. The molecule has 10 nitrogen and oxygen atoms in total. The predicted octanol–water partition coefficient (Wildman–Crippen LogP) is 3.27. The Morgan fingerprint density at radius 3 is 2.55 bits per heavy atom. The largest absolute Gasteiger partial charge is 0.508 e. The van der Waals surface area contributed by atoms with Gasteiger partial charge in [0.1, 0.15) is 18.0 Å². The molecule has 0 aliphatic carbocycles. The van der Waals surface area contributed by atoms with Crippen LogP contribution in [0.25, 0.3) is 10.9 Å². The van der Waals surface area contributed by atoms with Crippen molar-refractivity contribution < 1.29 is 19.5 Å². The lowest BCUT2D eigenvalue weighted by atomic mass is 9.97. The van der Waals surface area contributed by atoms with E-state index in [-0.39, 0.29) is 55.9 Å². The van der Waals surface area contributed by atoms with Crippen LogP contribution in [0.4, 0.5) is 0 Å². The van der Waals surface area contributed by atoms with E-state index in [0.717, 1.165) is 27.6 Å². The summed E-state index contributed by atoms with van der Waals surface area (Å²) < 4.78 is 1.75. The van der Waals surface area contributed by atoms with E-state index in [1.54, 1.807) is 54.8 Å². The summed E-state index contributed by atoms with van der Waals surface area (Å²) in [4.78, 5) is 45.4. The lowest BCUT2D eigenvalue weighted by Gasteiger charge is -2.55. The summed E-state index contributed by atoms with van der Waals surface area (Å²) in [6, 6.07) is 21.6. The molecule has 6 rings (SSSR count). The van der Waals surface area contributed by atoms with Crippen LogP contribution in [0.3, 0.4) is 0 Å². The summed E-state index contributed by atoms with van der Waals surface area (Å²) in [6.45, 7) is 4.59. The molecule has 2 aliphatic rings. The van der Waals surface area contributed by atoms with E-state index in [0.29, 0.717) is 13.0 Å². The van der Waals surface area contributed by atoms with Gasteiger partial charge in [0.05, 0.1) is 18.6 Å². The number of phenolic OH excluding ortho intramolecular Hbond substituents is 1. The summed E-state index contributed by atoms with van der Waals surface area (Å²) in [6.07, 6.45) is 3.98. The van der Waals surface area contributed by atoms with Crippen LogP contribution in [0.5, 0.6) is 5.75 Å². The van der Waals surface area contributed by atoms with E-state index in [1.165, 1.54) is 0 Å². The molecule has 226 valence electrons. The maximum Gasteiger partial charge on any atom is 0.246 e. The van der Waals surface area contributed by atoms with E-state index < -0.39 is 12.2 Å². The molecule has 1 aromatic heterocycles. The SMILES string of the molecule is C=CCN1CC(=O)N2[C@@H](Cc3ccc(O)cc3)C(=O)N(Cc3cccc4cn(C)nc34)C[C@@H]2N1C(=O)CCc1ccccc1. The number of nitrogens with zero attached hydrogens (tertiary/aromatic N) is 6. The van der Waals surface area contributed by atoms with Crippen molar-refractivity contribution in [3.05, 3.63) is 108 Å². The van der Waals surface area contributed by atoms with E-state index in [1.807, 2.05) is 61.8 Å². The van der Waals surface area contributed by atoms with Crippen molar-refractivity contribution >= 4 is 28.6 Å². The number of benzene rings is 3. The number of hydrogen-bond acceptors (Lipinski definition) is 6. The predicted molar refractivity (Wildman–Crippen MR) is 166 cm³/mol. The average Bonchev–Trinajstić information content (AvgIpc) is 3.41. The van der Waals surface area contributed by atoms with E-state index in [9.17, 15) is 19.5 Å². The summed E-state index contributed by atoms with van der Waals surface area (Å²) >= 11 is 0. The summed E-state index contributed by atoms with van der Waals surface area (Å²) in [5, 5.41) is 18.9. The molecule has 4 aromatic rings. The second-order valence-electron chi connectivity index (χ2n) is 11.4. The minimum atomic E-state index is -0.830. The number of carbonyl (C=O) groups excluding carboxylic acids is 3. The Bertz CT molecular complexity index is 1690. The van der Waals surface area contributed by atoms with Crippen LogP contribution in [-0.2, 0) is 40.8 Å². The third kappa shape index (κ3) is 5.80. The molecule has 0 spiro atoms. The van der Waals surface area contributed by atoms with Gasteiger partial charge in [0, 0.05) is 44.6 Å². The number of rotatable bonds is 9. The average molecular weight is 593 g/mol. The monoisotopic (exact) mass is 592 g/mol. The Hall–Kier alpha value is -4.96. The molecule has 1 N–H and O–H groups in total. The zero-order valence-electron chi connectivity index (χ0n) is 24.7. The normalized spacial score (nSPS) is 19.0. The number of aromatic nitrogens is 2. The highest BCUT2D eigenvalue weighted by Gasteiger charge is 2.51. The molecular weight excluding hydrogens is 556 g/mol. The molecule has 0 unspecified atom stereocenters. The topological polar surface area (TPSA) is 102 Å². The van der Waals surface area contributed by atoms with Crippen molar-refractivity contribution in [1.29, 1.82) is 0 Å². The number of amides is 3. The number of hydrazine groups is 1. The number of piperazine rings is 1.